The zero-order valence-electron chi connectivity index (χ0n) is 17.4. The minimum atomic E-state index is -0.954. The SMILES string of the molecule is CCCCCCCCCC(=O)N[C@H](CC(N)=O)C(=O)NCCc1ccc(O)cc1. The maximum atomic E-state index is 12.4. The third-order valence-electron chi connectivity index (χ3n) is 4.71. The number of hydrogen-bond acceptors (Lipinski definition) is 4. The third kappa shape index (κ3) is 11.8. The second-order valence-electron chi connectivity index (χ2n) is 7.37. The highest BCUT2D eigenvalue weighted by Gasteiger charge is 2.22. The molecule has 5 N–H and O–H groups in total. The lowest BCUT2D eigenvalue weighted by Crippen LogP contribution is -2.48. The van der Waals surface area contributed by atoms with Crippen LogP contribution in [0.25, 0.3) is 0 Å². The molecule has 0 heterocycles. The van der Waals surface area contributed by atoms with Crippen molar-refractivity contribution in [2.24, 2.45) is 5.73 Å². The van der Waals surface area contributed by atoms with Crippen molar-refractivity contribution in [2.75, 3.05) is 6.54 Å². The van der Waals surface area contributed by atoms with Crippen LogP contribution in [-0.4, -0.2) is 35.4 Å². The summed E-state index contributed by atoms with van der Waals surface area (Å²) in [4.78, 5) is 35.8. The maximum absolute atomic E-state index is 12.4. The Labute approximate surface area is 173 Å². The van der Waals surface area contributed by atoms with Gasteiger partial charge >= 0.3 is 0 Å². The van der Waals surface area contributed by atoms with Gasteiger partial charge in [-0.2, -0.15) is 0 Å². The van der Waals surface area contributed by atoms with Gasteiger partial charge in [-0.25, -0.2) is 0 Å². The Morgan fingerprint density at radius 3 is 2.24 bits per heavy atom. The van der Waals surface area contributed by atoms with Crippen LogP contribution in [0, 0.1) is 0 Å². The van der Waals surface area contributed by atoms with E-state index >= 15 is 0 Å². The first kappa shape index (κ1) is 24.5. The first-order chi connectivity index (χ1) is 13.9. The second-order valence-corrected chi connectivity index (χ2v) is 7.37. The summed E-state index contributed by atoms with van der Waals surface area (Å²) in [7, 11) is 0. The number of amides is 3. The molecule has 7 nitrogen and oxygen atoms in total. The number of primary amides is 1. The van der Waals surface area contributed by atoms with Gasteiger partial charge in [-0.15, -0.1) is 0 Å². The van der Waals surface area contributed by atoms with E-state index in [9.17, 15) is 19.5 Å². The topological polar surface area (TPSA) is 122 Å². The standard InChI is InChI=1S/C22H35N3O4/c1-2-3-4-5-6-7-8-9-21(28)25-19(16-20(23)27)22(29)24-15-14-17-10-12-18(26)13-11-17/h10-13,19,26H,2-9,14-16H2,1H3,(H2,23,27)(H,24,29)(H,25,28)/t19-/m1/s1. The van der Waals surface area contributed by atoms with E-state index < -0.39 is 17.9 Å². The number of carbonyl (C=O) groups excluding carboxylic acids is 3. The molecular formula is C22H35N3O4. The largest absolute Gasteiger partial charge is 0.508 e. The summed E-state index contributed by atoms with van der Waals surface area (Å²) in [6.07, 6.45) is 8.41. The van der Waals surface area contributed by atoms with Crippen LogP contribution < -0.4 is 16.4 Å². The van der Waals surface area contributed by atoms with Crippen LogP contribution in [0.5, 0.6) is 5.75 Å². The van der Waals surface area contributed by atoms with Crippen LogP contribution in [0.3, 0.4) is 0 Å². The van der Waals surface area contributed by atoms with Crippen molar-refractivity contribution >= 4 is 17.7 Å². The Hall–Kier alpha value is -2.57. The van der Waals surface area contributed by atoms with Crippen LogP contribution in [0.4, 0.5) is 0 Å². The Kier molecular flexibility index (Phi) is 12.2. The van der Waals surface area contributed by atoms with Crippen molar-refractivity contribution in [3.05, 3.63) is 29.8 Å². The number of unbranched alkanes of at least 4 members (excludes halogenated alkanes) is 6. The number of benzene rings is 1. The molecule has 0 unspecified atom stereocenters. The number of nitrogens with two attached hydrogens (primary N) is 1. The predicted octanol–water partition coefficient (Wildman–Crippen LogP) is 2.55. The Morgan fingerprint density at radius 1 is 1.00 bits per heavy atom. The average molecular weight is 406 g/mol. The highest BCUT2D eigenvalue weighted by atomic mass is 16.3. The summed E-state index contributed by atoms with van der Waals surface area (Å²) in [5, 5.41) is 14.6. The van der Waals surface area contributed by atoms with Crippen molar-refractivity contribution < 1.29 is 19.5 Å². The van der Waals surface area contributed by atoms with E-state index in [0.717, 1.165) is 24.8 Å². The fourth-order valence-corrected chi connectivity index (χ4v) is 3.04. The molecule has 0 fully saturated rings. The molecule has 0 bridgehead atoms. The van der Waals surface area contributed by atoms with Crippen molar-refractivity contribution in [1.82, 2.24) is 10.6 Å². The minimum absolute atomic E-state index is 0.183. The zero-order valence-corrected chi connectivity index (χ0v) is 17.4. The number of rotatable bonds is 15. The van der Waals surface area contributed by atoms with Gasteiger partial charge in [-0.3, -0.25) is 14.4 Å². The molecule has 7 heteroatoms. The van der Waals surface area contributed by atoms with Crippen LogP contribution in [0.2, 0.25) is 0 Å². The van der Waals surface area contributed by atoms with Crippen LogP contribution in [0.15, 0.2) is 24.3 Å². The summed E-state index contributed by atoms with van der Waals surface area (Å²) in [5.74, 6) is -1.11. The predicted molar refractivity (Wildman–Crippen MR) is 113 cm³/mol. The highest BCUT2D eigenvalue weighted by Crippen LogP contribution is 2.10. The fourth-order valence-electron chi connectivity index (χ4n) is 3.04. The number of hydrogen-bond donors (Lipinski definition) is 4. The molecule has 0 aliphatic heterocycles. The van der Waals surface area contributed by atoms with Gasteiger partial charge in [0.25, 0.3) is 0 Å². The summed E-state index contributed by atoms with van der Waals surface area (Å²) in [6, 6.07) is 5.75. The Bertz CT molecular complexity index is 631. The number of phenolic OH excluding ortho intramolecular Hbond substituents is 1. The van der Waals surface area contributed by atoms with Crippen LogP contribution >= 0.6 is 0 Å². The van der Waals surface area contributed by atoms with E-state index in [1.165, 1.54) is 25.7 Å². The maximum Gasteiger partial charge on any atom is 0.243 e. The normalized spacial score (nSPS) is 11.6. The van der Waals surface area contributed by atoms with Crippen molar-refractivity contribution in [3.8, 4) is 5.75 Å². The second kappa shape index (κ2) is 14.4. The molecule has 0 aliphatic rings. The van der Waals surface area contributed by atoms with Gasteiger partial charge in [0.15, 0.2) is 0 Å². The van der Waals surface area contributed by atoms with Gasteiger partial charge in [0.05, 0.1) is 6.42 Å². The minimum Gasteiger partial charge on any atom is -0.508 e. The van der Waals surface area contributed by atoms with Gasteiger partial charge in [-0.05, 0) is 30.5 Å². The molecule has 1 aromatic carbocycles. The number of aromatic hydroxyl groups is 1. The van der Waals surface area contributed by atoms with E-state index in [0.29, 0.717) is 19.4 Å². The number of carbonyl (C=O) groups is 3. The molecule has 3 amide bonds. The van der Waals surface area contributed by atoms with Gasteiger partial charge in [0.1, 0.15) is 11.8 Å². The number of nitrogens with one attached hydrogen (secondary N) is 2. The van der Waals surface area contributed by atoms with Gasteiger partial charge < -0.3 is 21.5 Å². The summed E-state index contributed by atoms with van der Waals surface area (Å²) in [6.45, 7) is 2.53. The third-order valence-corrected chi connectivity index (χ3v) is 4.71. The van der Waals surface area contributed by atoms with E-state index in [-0.39, 0.29) is 18.1 Å². The molecular weight excluding hydrogens is 370 g/mol. The molecule has 0 radical (unpaired) electrons. The average Bonchev–Trinajstić information content (AvgIpc) is 2.68. The van der Waals surface area contributed by atoms with E-state index in [2.05, 4.69) is 17.6 Å². The molecule has 1 aromatic rings. The van der Waals surface area contributed by atoms with Crippen molar-refractivity contribution in [2.45, 2.75) is 77.2 Å². The monoisotopic (exact) mass is 405 g/mol. The molecule has 0 aromatic heterocycles. The summed E-state index contributed by atoms with van der Waals surface area (Å²) < 4.78 is 0. The molecule has 0 saturated heterocycles. The molecule has 1 atom stereocenters. The summed E-state index contributed by atoms with van der Waals surface area (Å²) >= 11 is 0. The van der Waals surface area contributed by atoms with E-state index in [1.54, 1.807) is 24.3 Å². The molecule has 29 heavy (non-hydrogen) atoms. The molecule has 0 spiro atoms. The molecule has 0 aliphatic carbocycles. The van der Waals surface area contributed by atoms with Crippen LogP contribution in [-0.2, 0) is 20.8 Å². The molecule has 0 saturated carbocycles. The lowest BCUT2D eigenvalue weighted by Gasteiger charge is -2.17. The van der Waals surface area contributed by atoms with E-state index in [4.69, 9.17) is 5.73 Å². The molecule has 1 rings (SSSR count). The first-order valence-electron chi connectivity index (χ1n) is 10.6. The quantitative estimate of drug-likeness (QED) is 0.335. The number of phenols is 1. The Morgan fingerprint density at radius 2 is 1.62 bits per heavy atom. The van der Waals surface area contributed by atoms with Crippen LogP contribution in [0.1, 0.15) is 70.3 Å². The highest BCUT2D eigenvalue weighted by molar-refractivity contribution is 5.91. The zero-order chi connectivity index (χ0) is 21.5. The summed E-state index contributed by atoms with van der Waals surface area (Å²) in [5.41, 5.74) is 6.18. The van der Waals surface area contributed by atoms with Crippen molar-refractivity contribution in [1.29, 1.82) is 0 Å². The first-order valence-corrected chi connectivity index (χ1v) is 10.6. The smallest absolute Gasteiger partial charge is 0.243 e. The fraction of sp³-hybridized carbons (Fsp3) is 0.591. The lowest BCUT2D eigenvalue weighted by molar-refractivity contribution is -0.131. The van der Waals surface area contributed by atoms with Gasteiger partial charge in [-0.1, -0.05) is 57.6 Å². The Balaban J connectivity index is 2.35. The van der Waals surface area contributed by atoms with Gasteiger partial charge in [0, 0.05) is 13.0 Å². The van der Waals surface area contributed by atoms with E-state index in [1.807, 2.05) is 0 Å². The molecule has 162 valence electrons. The lowest BCUT2D eigenvalue weighted by atomic mass is 10.1. The van der Waals surface area contributed by atoms with Crippen molar-refractivity contribution in [3.63, 3.8) is 0 Å². The van der Waals surface area contributed by atoms with Gasteiger partial charge in [0.2, 0.25) is 17.7 Å².